The number of halogens is 2. The number of hydrogen-bond acceptors (Lipinski definition) is 6. The molecule has 0 fully saturated rings. The van der Waals surface area contributed by atoms with Gasteiger partial charge in [-0.15, -0.1) is 0 Å². The van der Waals surface area contributed by atoms with E-state index < -0.39 is 0 Å². The minimum absolute atomic E-state index is 0.0274. The monoisotopic (exact) mass is 428 g/mol. The highest BCUT2D eigenvalue weighted by Crippen LogP contribution is 2.38. The van der Waals surface area contributed by atoms with Gasteiger partial charge in [0.05, 0.1) is 22.7 Å². The zero-order valence-corrected chi connectivity index (χ0v) is 16.7. The number of phenols is 1. The van der Waals surface area contributed by atoms with E-state index in [0.717, 1.165) is 0 Å². The molecular weight excluding hydrogens is 415 g/mol. The molecule has 0 spiro atoms. The van der Waals surface area contributed by atoms with Gasteiger partial charge in [0.15, 0.2) is 11.4 Å². The summed E-state index contributed by atoms with van der Waals surface area (Å²) < 4.78 is 11.2. The van der Waals surface area contributed by atoms with Crippen molar-refractivity contribution in [1.29, 1.82) is 0 Å². The minimum Gasteiger partial charge on any atom is -0.507 e. The van der Waals surface area contributed by atoms with Crippen LogP contribution in [0.3, 0.4) is 0 Å². The standard InChI is InChI=1S/C21H14Cl2N2O4/c1-28-21-20-12(7-19(29-20)11-4-2-3-5-17(11)26)14(8-25-21)18(27)6-13-15(22)9-24-10-16(13)23/h2-5,7-10,26H,6H2,1H3. The molecule has 0 atom stereocenters. The largest absolute Gasteiger partial charge is 0.507 e. The molecule has 0 saturated carbocycles. The molecule has 29 heavy (non-hydrogen) atoms. The number of ether oxygens (including phenoxy) is 1. The minimum atomic E-state index is -0.246. The number of carbonyl (C=O) groups excluding carboxylic acids is 1. The summed E-state index contributed by atoms with van der Waals surface area (Å²) in [4.78, 5) is 21.1. The van der Waals surface area contributed by atoms with E-state index >= 15 is 0 Å². The second kappa shape index (κ2) is 7.73. The molecule has 0 amide bonds. The lowest BCUT2D eigenvalue weighted by atomic mass is 10.0. The van der Waals surface area contributed by atoms with E-state index in [4.69, 9.17) is 32.4 Å². The summed E-state index contributed by atoms with van der Waals surface area (Å²) in [5.41, 5.74) is 1.62. The predicted octanol–water partition coefficient (Wildman–Crippen LogP) is 5.34. The normalized spacial score (nSPS) is 11.0. The number of carbonyl (C=O) groups is 1. The molecule has 0 aliphatic rings. The highest BCUT2D eigenvalue weighted by Gasteiger charge is 2.22. The fourth-order valence-electron chi connectivity index (χ4n) is 3.05. The maximum absolute atomic E-state index is 13.0. The topological polar surface area (TPSA) is 85.5 Å². The van der Waals surface area contributed by atoms with Crippen molar-refractivity contribution in [3.8, 4) is 23.0 Å². The Hall–Kier alpha value is -3.09. The summed E-state index contributed by atoms with van der Waals surface area (Å²) >= 11 is 12.3. The fourth-order valence-corrected chi connectivity index (χ4v) is 3.54. The number of rotatable bonds is 5. The van der Waals surface area contributed by atoms with Gasteiger partial charge in [-0.1, -0.05) is 35.3 Å². The fraction of sp³-hybridized carbons (Fsp3) is 0.0952. The molecule has 0 bridgehead atoms. The van der Waals surface area contributed by atoms with Gasteiger partial charge < -0.3 is 14.3 Å². The second-order valence-electron chi connectivity index (χ2n) is 6.23. The molecule has 0 aliphatic heterocycles. The first-order valence-electron chi connectivity index (χ1n) is 8.55. The molecule has 3 heterocycles. The first kappa shape index (κ1) is 19.2. The molecule has 8 heteroatoms. The lowest BCUT2D eigenvalue weighted by Gasteiger charge is -2.07. The molecular formula is C21H14Cl2N2O4. The van der Waals surface area contributed by atoms with Crippen molar-refractivity contribution in [3.05, 3.63) is 70.1 Å². The van der Waals surface area contributed by atoms with Crippen LogP contribution in [-0.2, 0) is 6.42 Å². The summed E-state index contributed by atoms with van der Waals surface area (Å²) in [7, 11) is 1.46. The number of pyridine rings is 2. The SMILES string of the molecule is COc1ncc(C(=O)Cc2c(Cl)cncc2Cl)c2cc(-c3ccccc3O)oc12. The zero-order valence-electron chi connectivity index (χ0n) is 15.1. The maximum atomic E-state index is 13.0. The van der Waals surface area contributed by atoms with Gasteiger partial charge >= 0.3 is 0 Å². The smallest absolute Gasteiger partial charge is 0.258 e. The number of hydrogen-bond donors (Lipinski definition) is 1. The molecule has 0 saturated heterocycles. The Balaban J connectivity index is 1.83. The van der Waals surface area contributed by atoms with E-state index in [0.29, 0.717) is 43.5 Å². The molecule has 1 aromatic carbocycles. The number of nitrogens with zero attached hydrogens (tertiary/aromatic N) is 2. The van der Waals surface area contributed by atoms with E-state index in [1.165, 1.54) is 25.7 Å². The Morgan fingerprint density at radius 2 is 1.90 bits per heavy atom. The number of ketones is 1. The first-order valence-corrected chi connectivity index (χ1v) is 9.31. The van der Waals surface area contributed by atoms with Gasteiger partial charge in [-0.25, -0.2) is 4.98 Å². The molecule has 3 aromatic heterocycles. The molecule has 0 aliphatic carbocycles. The van der Waals surface area contributed by atoms with Crippen molar-refractivity contribution in [2.24, 2.45) is 0 Å². The average molecular weight is 429 g/mol. The summed E-state index contributed by atoms with van der Waals surface area (Å²) in [5.74, 6) is 0.433. The van der Waals surface area contributed by atoms with E-state index in [1.807, 2.05) is 0 Å². The summed E-state index contributed by atoms with van der Waals surface area (Å²) in [6.45, 7) is 0. The van der Waals surface area contributed by atoms with Crippen LogP contribution in [0.2, 0.25) is 10.0 Å². The van der Waals surface area contributed by atoms with Gasteiger partial charge in [0.1, 0.15) is 11.5 Å². The van der Waals surface area contributed by atoms with Crippen LogP contribution >= 0.6 is 23.2 Å². The summed E-state index contributed by atoms with van der Waals surface area (Å²) in [6.07, 6.45) is 4.27. The molecule has 0 unspecified atom stereocenters. The number of benzene rings is 1. The van der Waals surface area contributed by atoms with E-state index in [1.54, 1.807) is 30.3 Å². The molecule has 4 rings (SSSR count). The number of aromatic nitrogens is 2. The van der Waals surface area contributed by atoms with Crippen molar-refractivity contribution >= 4 is 40.0 Å². The van der Waals surface area contributed by atoms with Gasteiger partial charge in [0.25, 0.3) is 5.88 Å². The number of methoxy groups -OCH3 is 1. The molecule has 1 N–H and O–H groups in total. The Morgan fingerprint density at radius 1 is 1.17 bits per heavy atom. The van der Waals surface area contributed by atoms with Gasteiger partial charge in [-0.05, 0) is 18.2 Å². The number of fused-ring (bicyclic) bond motifs is 1. The number of aromatic hydroxyl groups is 1. The Bertz CT molecular complexity index is 1220. The van der Waals surface area contributed by atoms with Crippen LogP contribution in [0, 0.1) is 0 Å². The van der Waals surface area contributed by atoms with Crippen LogP contribution in [0.15, 0.2) is 53.3 Å². The maximum Gasteiger partial charge on any atom is 0.258 e. The van der Waals surface area contributed by atoms with E-state index in [2.05, 4.69) is 9.97 Å². The molecule has 146 valence electrons. The van der Waals surface area contributed by atoms with E-state index in [-0.39, 0.29) is 23.8 Å². The third kappa shape index (κ3) is 3.52. The van der Waals surface area contributed by atoms with Crippen LogP contribution in [-0.4, -0.2) is 28.0 Å². The van der Waals surface area contributed by atoms with Crippen LogP contribution in [0.4, 0.5) is 0 Å². The Kier molecular flexibility index (Phi) is 5.13. The van der Waals surface area contributed by atoms with Crippen molar-refractivity contribution in [2.45, 2.75) is 6.42 Å². The summed E-state index contributed by atoms with van der Waals surface area (Å²) in [6, 6.07) is 8.43. The highest BCUT2D eigenvalue weighted by molar-refractivity contribution is 6.36. The third-order valence-corrected chi connectivity index (χ3v) is 5.13. The lowest BCUT2D eigenvalue weighted by molar-refractivity contribution is 0.0994. The number of furan rings is 1. The first-order chi connectivity index (χ1) is 14.0. The van der Waals surface area contributed by atoms with Crippen LogP contribution in [0.1, 0.15) is 15.9 Å². The quantitative estimate of drug-likeness (QED) is 0.432. The van der Waals surface area contributed by atoms with E-state index in [9.17, 15) is 9.90 Å². The number of Topliss-reactive ketones (excluding diaryl/α,β-unsaturated/α-hetero) is 1. The van der Waals surface area contributed by atoms with Crippen molar-refractivity contribution in [2.75, 3.05) is 7.11 Å². The second-order valence-corrected chi connectivity index (χ2v) is 7.05. The molecule has 0 radical (unpaired) electrons. The van der Waals surface area contributed by atoms with Crippen LogP contribution in [0.25, 0.3) is 22.3 Å². The third-order valence-electron chi connectivity index (χ3n) is 4.48. The number of phenolic OH excluding ortho intramolecular Hbond substituents is 1. The average Bonchev–Trinajstić information content (AvgIpc) is 3.15. The van der Waals surface area contributed by atoms with Crippen molar-refractivity contribution in [3.63, 3.8) is 0 Å². The van der Waals surface area contributed by atoms with Gasteiger partial charge in [0, 0.05) is 41.5 Å². The van der Waals surface area contributed by atoms with Gasteiger partial charge in [-0.3, -0.25) is 9.78 Å². The molecule has 4 aromatic rings. The van der Waals surface area contributed by atoms with Gasteiger partial charge in [0.2, 0.25) is 0 Å². The van der Waals surface area contributed by atoms with Crippen LogP contribution in [0.5, 0.6) is 11.6 Å². The summed E-state index contributed by atoms with van der Waals surface area (Å²) in [5, 5.41) is 11.3. The van der Waals surface area contributed by atoms with Crippen molar-refractivity contribution < 1.29 is 19.1 Å². The Labute approximate surface area is 175 Å². The Morgan fingerprint density at radius 3 is 2.59 bits per heavy atom. The number of para-hydroxylation sites is 1. The van der Waals surface area contributed by atoms with Gasteiger partial charge in [-0.2, -0.15) is 0 Å². The lowest BCUT2D eigenvalue weighted by Crippen LogP contribution is -2.06. The predicted molar refractivity (Wildman–Crippen MR) is 110 cm³/mol. The van der Waals surface area contributed by atoms with Crippen molar-refractivity contribution in [1.82, 2.24) is 9.97 Å². The molecule has 6 nitrogen and oxygen atoms in total. The van der Waals surface area contributed by atoms with Crippen LogP contribution < -0.4 is 4.74 Å². The highest BCUT2D eigenvalue weighted by atomic mass is 35.5. The zero-order chi connectivity index (χ0) is 20.5.